The number of hydrogen-bond acceptors (Lipinski definition) is 6. The van der Waals surface area contributed by atoms with Crippen molar-refractivity contribution in [2.45, 2.75) is 32.7 Å². The van der Waals surface area contributed by atoms with E-state index in [0.29, 0.717) is 27.1 Å². The number of benzene rings is 4. The highest BCUT2D eigenvalue weighted by Crippen LogP contribution is 2.16. The molecule has 0 aromatic heterocycles. The molecule has 2 saturated heterocycles. The molecule has 2 heterocycles. The molecule has 2 fully saturated rings. The predicted octanol–water partition coefficient (Wildman–Crippen LogP) is 8.82. The Hall–Kier alpha value is -3.12. The fraction of sp³-hybridized carbons (Fsp3) is 0.333. The van der Waals surface area contributed by atoms with Gasteiger partial charge >= 0.3 is 0 Å². The zero-order valence-corrected chi connectivity index (χ0v) is 31.5. The van der Waals surface area contributed by atoms with Crippen LogP contribution in [0.4, 0.5) is 11.4 Å². The van der Waals surface area contributed by atoms with E-state index >= 15 is 0 Å². The zero-order chi connectivity index (χ0) is 34.7. The topological polar surface area (TPSA) is 91.9 Å². The van der Waals surface area contributed by atoms with Gasteiger partial charge in [0.2, 0.25) is 0 Å². The minimum absolute atomic E-state index is 0. The number of nitrogens with one attached hydrogen (secondary N) is 3. The monoisotopic (exact) mass is 787 g/mol. The number of anilines is 2. The Labute approximate surface area is 331 Å². The summed E-state index contributed by atoms with van der Waals surface area (Å²) in [5.74, 6) is 0.167. The van der Waals surface area contributed by atoms with Gasteiger partial charge in [-0.05, 0) is 103 Å². The Balaban J connectivity index is 0.000000427. The second kappa shape index (κ2) is 26.6. The van der Waals surface area contributed by atoms with Gasteiger partial charge in [-0.15, -0.1) is 24.0 Å². The van der Waals surface area contributed by atoms with Crippen molar-refractivity contribution in [2.75, 3.05) is 63.2 Å². The largest absolute Gasteiger partial charge is 0.380 e. The maximum atomic E-state index is 12.2. The number of nitrogens with zero attached hydrogens (tertiary/aromatic N) is 1. The lowest BCUT2D eigenvalue weighted by Gasteiger charge is -2.19. The van der Waals surface area contributed by atoms with Crippen molar-refractivity contribution in [1.29, 1.82) is 0 Å². The van der Waals surface area contributed by atoms with Gasteiger partial charge in [0.05, 0.1) is 13.2 Å². The minimum Gasteiger partial charge on any atom is -0.380 e. The van der Waals surface area contributed by atoms with Gasteiger partial charge in [-0.2, -0.15) is 0 Å². The van der Waals surface area contributed by atoms with Gasteiger partial charge in [-0.25, -0.2) is 0 Å². The minimum atomic E-state index is -0.162. The second-order valence-corrected chi connectivity index (χ2v) is 12.5. The van der Waals surface area contributed by atoms with E-state index in [9.17, 15) is 9.59 Å². The van der Waals surface area contributed by atoms with Crippen LogP contribution >= 0.6 is 47.2 Å². The van der Waals surface area contributed by atoms with Crippen molar-refractivity contribution < 1.29 is 19.1 Å². The van der Waals surface area contributed by atoms with E-state index < -0.39 is 0 Å². The number of alkyl halides is 1. The van der Waals surface area contributed by atoms with Crippen LogP contribution in [0.25, 0.3) is 0 Å². The highest BCUT2D eigenvalue weighted by atomic mass is 35.5. The molecule has 3 radical (unpaired) electrons. The molecule has 0 unspecified atom stereocenters. The van der Waals surface area contributed by atoms with Crippen LogP contribution in [-0.4, -0.2) is 77.7 Å². The molecule has 0 saturated carbocycles. The first kappa shape index (κ1) is 46.9. The molecule has 8 nitrogen and oxygen atoms in total. The highest BCUT2D eigenvalue weighted by Gasteiger charge is 2.11. The maximum Gasteiger partial charge on any atom is 0.255 e. The van der Waals surface area contributed by atoms with Crippen molar-refractivity contribution in [1.82, 2.24) is 10.2 Å². The average Bonchev–Trinajstić information content (AvgIpc) is 3.59. The Bertz CT molecular complexity index is 1540. The van der Waals surface area contributed by atoms with Crippen molar-refractivity contribution in [3.05, 3.63) is 129 Å². The third-order valence-corrected chi connectivity index (χ3v) is 8.39. The summed E-state index contributed by atoms with van der Waals surface area (Å²) in [5, 5.41) is 10.2. The molecule has 279 valence electrons. The van der Waals surface area contributed by atoms with Gasteiger partial charge in [-0.1, -0.05) is 54.9 Å². The maximum absolute atomic E-state index is 12.2. The summed E-state index contributed by atoms with van der Waals surface area (Å²) in [6.07, 6.45) is 2.25. The molecular weight excluding hydrogens is 741 g/mol. The van der Waals surface area contributed by atoms with Gasteiger partial charge in [0.25, 0.3) is 11.8 Å². The van der Waals surface area contributed by atoms with Crippen LogP contribution in [0.15, 0.2) is 97.1 Å². The first-order valence-electron chi connectivity index (χ1n) is 16.4. The lowest BCUT2D eigenvalue weighted by Crippen LogP contribution is -2.25. The van der Waals surface area contributed by atoms with E-state index in [1.54, 1.807) is 48.5 Å². The number of amides is 2. The molecule has 13 heteroatoms. The van der Waals surface area contributed by atoms with Crippen molar-refractivity contribution in [3.63, 3.8) is 0 Å². The summed E-state index contributed by atoms with van der Waals surface area (Å²) in [6, 6.07) is 29.0. The molecule has 52 heavy (non-hydrogen) atoms. The predicted molar refractivity (Wildman–Crippen MR) is 220 cm³/mol. The number of rotatable bonds is 7. The van der Waals surface area contributed by atoms with Crippen LogP contribution < -0.4 is 16.0 Å². The van der Waals surface area contributed by atoms with Gasteiger partial charge in [0.15, 0.2) is 0 Å². The number of carbonyl (C=O) groups excluding carboxylic acids is 2. The first-order chi connectivity index (χ1) is 23.9. The van der Waals surface area contributed by atoms with Gasteiger partial charge in [-0.3, -0.25) is 14.5 Å². The van der Waals surface area contributed by atoms with Crippen LogP contribution in [-0.2, 0) is 21.9 Å². The Morgan fingerprint density at radius 2 is 1.12 bits per heavy atom. The summed E-state index contributed by atoms with van der Waals surface area (Å²) >= 11 is 17.3. The molecular formula is C39H48BCl4N4O4. The third-order valence-electron chi connectivity index (χ3n) is 7.58. The van der Waals surface area contributed by atoms with E-state index in [0.717, 1.165) is 82.5 Å². The van der Waals surface area contributed by atoms with Crippen molar-refractivity contribution >= 4 is 78.8 Å². The lowest BCUT2D eigenvalue weighted by molar-refractivity contribution is 0.101. The molecule has 2 aliphatic rings. The fourth-order valence-corrected chi connectivity index (χ4v) is 5.29. The van der Waals surface area contributed by atoms with Crippen LogP contribution in [0, 0.1) is 0 Å². The van der Waals surface area contributed by atoms with Crippen molar-refractivity contribution in [3.8, 4) is 0 Å². The average molecular weight is 789 g/mol. The molecule has 2 amide bonds. The van der Waals surface area contributed by atoms with E-state index in [1.807, 2.05) is 36.4 Å². The van der Waals surface area contributed by atoms with Gasteiger partial charge in [0.1, 0.15) is 0 Å². The number of halogens is 4. The molecule has 0 bridgehead atoms. The SMILES string of the molecule is C.C1CNCCOC1.Cl.O=C(Nc1ccc(CCl)cc1)c1ccc(Cl)cc1.O=C(Nc1ccc(CN2CCCOCC2)cc1)c1ccc(Cl)cc1.[B]. The molecule has 3 N–H and O–H groups in total. The summed E-state index contributed by atoms with van der Waals surface area (Å²) in [4.78, 5) is 26.5. The summed E-state index contributed by atoms with van der Waals surface area (Å²) < 4.78 is 10.6. The second-order valence-electron chi connectivity index (χ2n) is 11.4. The number of ether oxygens (including phenoxy) is 2. The highest BCUT2D eigenvalue weighted by molar-refractivity contribution is 6.31. The molecule has 0 spiro atoms. The summed E-state index contributed by atoms with van der Waals surface area (Å²) in [7, 11) is 0. The van der Waals surface area contributed by atoms with E-state index in [2.05, 4.69) is 33.0 Å². The third kappa shape index (κ3) is 17.6. The molecule has 2 aliphatic heterocycles. The summed E-state index contributed by atoms with van der Waals surface area (Å²) in [6.45, 7) is 8.58. The number of hydrogen-bond donors (Lipinski definition) is 3. The van der Waals surface area contributed by atoms with Gasteiger partial charge < -0.3 is 25.4 Å². The molecule has 0 aliphatic carbocycles. The fourth-order valence-electron chi connectivity index (χ4n) is 4.86. The van der Waals surface area contributed by atoms with E-state index in [1.165, 1.54) is 12.0 Å². The van der Waals surface area contributed by atoms with Crippen LogP contribution in [0.2, 0.25) is 10.0 Å². The molecule has 4 aromatic rings. The van der Waals surface area contributed by atoms with Crippen molar-refractivity contribution in [2.24, 2.45) is 0 Å². The van der Waals surface area contributed by atoms with E-state index in [-0.39, 0.29) is 40.1 Å². The zero-order valence-electron chi connectivity index (χ0n) is 28.4. The Kier molecular flexibility index (Phi) is 24.0. The first-order valence-corrected chi connectivity index (χ1v) is 17.6. The van der Waals surface area contributed by atoms with Crippen LogP contribution in [0.3, 0.4) is 0 Å². The van der Waals surface area contributed by atoms with Gasteiger partial charge in [0, 0.05) is 86.2 Å². The Morgan fingerprint density at radius 1 is 0.635 bits per heavy atom. The van der Waals surface area contributed by atoms with Crippen LogP contribution in [0.1, 0.15) is 52.1 Å². The lowest BCUT2D eigenvalue weighted by atomic mass is 10.1. The Morgan fingerprint density at radius 3 is 1.63 bits per heavy atom. The van der Waals surface area contributed by atoms with Crippen LogP contribution in [0.5, 0.6) is 0 Å². The standard InChI is InChI=1S/C19H21ClN2O2.C14H11Cl2NO.C5H11NO.CH4.B.ClH/c20-17-6-4-16(5-7-17)19(23)21-18-8-2-15(3-9-18)14-22-10-1-12-24-13-11-22;15-9-10-1-7-13(8-2-10)17-14(18)11-3-5-12(16)6-4-11;1-2-6-3-5-7-4-1;;;/h2-9H,1,10-14H2,(H,21,23);1-8H,9H2,(H,17,18);6H,1-5H2;1H4;;1H. The quantitative estimate of drug-likeness (QED) is 0.128. The molecule has 4 aromatic carbocycles. The summed E-state index contributed by atoms with van der Waals surface area (Å²) in [5.41, 5.74) is 4.94. The van der Waals surface area contributed by atoms with E-state index in [4.69, 9.17) is 44.3 Å². The molecule has 6 rings (SSSR count). The number of carbonyl (C=O) groups is 2. The smallest absolute Gasteiger partial charge is 0.255 e. The molecule has 0 atom stereocenters. The normalized spacial score (nSPS) is 14.0.